The Bertz CT molecular complexity index is 613. The second-order valence-electron chi connectivity index (χ2n) is 5.09. The number of nitrogens with zero attached hydrogens (tertiary/aromatic N) is 3. The van der Waals surface area contributed by atoms with Gasteiger partial charge in [0.2, 0.25) is 0 Å². The minimum atomic E-state index is -0.461. The molecule has 3 rings (SSSR count). The standard InChI is InChI=1S/C16H17N3O2/c1-21-16(20)14-9-18-15(10-17-14)19-8-7-13(11-19)12-5-3-2-4-6-12/h2-6,9-10,13H,7-8,11H2,1H3. The molecule has 0 aliphatic carbocycles. The van der Waals surface area contributed by atoms with E-state index < -0.39 is 5.97 Å². The van der Waals surface area contributed by atoms with Crippen LogP contribution in [0.1, 0.15) is 28.4 Å². The Morgan fingerprint density at radius 2 is 2.05 bits per heavy atom. The zero-order chi connectivity index (χ0) is 14.7. The van der Waals surface area contributed by atoms with Crippen LogP contribution < -0.4 is 4.90 Å². The topological polar surface area (TPSA) is 55.3 Å². The number of benzene rings is 1. The van der Waals surface area contributed by atoms with Crippen LogP contribution in [-0.4, -0.2) is 36.1 Å². The predicted molar refractivity (Wildman–Crippen MR) is 79.4 cm³/mol. The van der Waals surface area contributed by atoms with Gasteiger partial charge in [-0.3, -0.25) is 0 Å². The Labute approximate surface area is 123 Å². The van der Waals surface area contributed by atoms with Gasteiger partial charge in [-0.15, -0.1) is 0 Å². The SMILES string of the molecule is COC(=O)c1cnc(N2CCC(c3ccccc3)C2)cn1. The van der Waals surface area contributed by atoms with E-state index in [1.54, 1.807) is 6.20 Å². The quantitative estimate of drug-likeness (QED) is 0.809. The fourth-order valence-electron chi connectivity index (χ4n) is 2.66. The third-order valence-corrected chi connectivity index (χ3v) is 3.82. The van der Waals surface area contributed by atoms with Gasteiger partial charge in [0.15, 0.2) is 5.69 Å². The molecule has 21 heavy (non-hydrogen) atoms. The van der Waals surface area contributed by atoms with E-state index in [4.69, 9.17) is 0 Å². The summed E-state index contributed by atoms with van der Waals surface area (Å²) >= 11 is 0. The number of esters is 1. The third kappa shape index (κ3) is 2.86. The van der Waals surface area contributed by atoms with Crippen molar-refractivity contribution in [3.05, 3.63) is 54.0 Å². The number of rotatable bonds is 3. The van der Waals surface area contributed by atoms with Crippen LogP contribution in [0.4, 0.5) is 5.82 Å². The molecule has 5 nitrogen and oxygen atoms in total. The van der Waals surface area contributed by atoms with E-state index in [0.717, 1.165) is 25.3 Å². The van der Waals surface area contributed by atoms with Gasteiger partial charge in [-0.2, -0.15) is 0 Å². The third-order valence-electron chi connectivity index (χ3n) is 3.82. The summed E-state index contributed by atoms with van der Waals surface area (Å²) < 4.78 is 4.62. The number of anilines is 1. The molecule has 0 bridgehead atoms. The Balaban J connectivity index is 1.70. The molecule has 1 unspecified atom stereocenters. The first-order chi connectivity index (χ1) is 10.3. The lowest BCUT2D eigenvalue weighted by molar-refractivity contribution is 0.0593. The Hall–Kier alpha value is -2.43. The lowest BCUT2D eigenvalue weighted by Crippen LogP contribution is -2.21. The molecule has 0 radical (unpaired) electrons. The van der Waals surface area contributed by atoms with Crippen LogP contribution in [0.25, 0.3) is 0 Å². The zero-order valence-corrected chi connectivity index (χ0v) is 11.9. The van der Waals surface area contributed by atoms with Crippen LogP contribution in [0.3, 0.4) is 0 Å². The lowest BCUT2D eigenvalue weighted by atomic mass is 9.99. The second-order valence-corrected chi connectivity index (χ2v) is 5.09. The molecule has 5 heteroatoms. The van der Waals surface area contributed by atoms with Crippen LogP contribution in [0.5, 0.6) is 0 Å². The molecule has 2 aromatic rings. The first-order valence-electron chi connectivity index (χ1n) is 6.98. The van der Waals surface area contributed by atoms with Crippen LogP contribution >= 0.6 is 0 Å². The number of carbonyl (C=O) groups excluding carboxylic acids is 1. The molecule has 0 saturated carbocycles. The summed E-state index contributed by atoms with van der Waals surface area (Å²) in [5, 5.41) is 0. The smallest absolute Gasteiger partial charge is 0.358 e. The van der Waals surface area contributed by atoms with E-state index in [2.05, 4.69) is 43.9 Å². The molecule has 2 heterocycles. The molecule has 0 spiro atoms. The van der Waals surface area contributed by atoms with Crippen molar-refractivity contribution in [3.63, 3.8) is 0 Å². The minimum Gasteiger partial charge on any atom is -0.464 e. The highest BCUT2D eigenvalue weighted by atomic mass is 16.5. The van der Waals surface area contributed by atoms with Crippen molar-refractivity contribution >= 4 is 11.8 Å². The van der Waals surface area contributed by atoms with Crippen LogP contribution in [0.15, 0.2) is 42.7 Å². The Morgan fingerprint density at radius 3 is 2.71 bits per heavy atom. The first-order valence-corrected chi connectivity index (χ1v) is 6.98. The summed E-state index contributed by atoms with van der Waals surface area (Å²) in [5.41, 5.74) is 1.60. The maximum absolute atomic E-state index is 11.3. The zero-order valence-electron chi connectivity index (χ0n) is 11.9. The van der Waals surface area contributed by atoms with Crippen molar-refractivity contribution in [2.45, 2.75) is 12.3 Å². The average Bonchev–Trinajstić information content (AvgIpc) is 3.05. The van der Waals surface area contributed by atoms with E-state index in [9.17, 15) is 4.79 Å². The number of ether oxygens (including phenoxy) is 1. The summed E-state index contributed by atoms with van der Waals surface area (Å²) in [4.78, 5) is 22.0. The van der Waals surface area contributed by atoms with E-state index in [0.29, 0.717) is 5.92 Å². The highest BCUT2D eigenvalue weighted by Crippen LogP contribution is 2.29. The van der Waals surface area contributed by atoms with Crippen LogP contribution in [-0.2, 0) is 4.74 Å². The van der Waals surface area contributed by atoms with Crippen molar-refractivity contribution in [3.8, 4) is 0 Å². The minimum absolute atomic E-state index is 0.236. The second kappa shape index (κ2) is 5.91. The molecule has 1 aromatic heterocycles. The molecule has 1 aliphatic rings. The van der Waals surface area contributed by atoms with Gasteiger partial charge in [0, 0.05) is 19.0 Å². The monoisotopic (exact) mass is 283 g/mol. The Kier molecular flexibility index (Phi) is 3.81. The number of hydrogen-bond donors (Lipinski definition) is 0. The molecule has 0 amide bonds. The van der Waals surface area contributed by atoms with Crippen LogP contribution in [0.2, 0.25) is 0 Å². The normalized spacial score (nSPS) is 17.8. The van der Waals surface area contributed by atoms with E-state index in [1.807, 2.05) is 6.07 Å². The van der Waals surface area contributed by atoms with E-state index in [1.165, 1.54) is 18.9 Å². The van der Waals surface area contributed by atoms with Crippen LogP contribution in [0, 0.1) is 0 Å². The number of methoxy groups -OCH3 is 1. The van der Waals surface area contributed by atoms with Gasteiger partial charge in [0.25, 0.3) is 0 Å². The van der Waals surface area contributed by atoms with E-state index in [-0.39, 0.29) is 5.69 Å². The first kappa shape index (κ1) is 13.5. The summed E-state index contributed by atoms with van der Waals surface area (Å²) in [6, 6.07) is 10.5. The van der Waals surface area contributed by atoms with Crippen molar-refractivity contribution in [2.24, 2.45) is 0 Å². The molecule has 1 aliphatic heterocycles. The molecular weight excluding hydrogens is 266 g/mol. The summed E-state index contributed by atoms with van der Waals surface area (Å²) in [6.45, 7) is 1.88. The predicted octanol–water partition coefficient (Wildman–Crippen LogP) is 2.26. The average molecular weight is 283 g/mol. The molecule has 1 atom stereocenters. The molecule has 108 valence electrons. The van der Waals surface area contributed by atoms with Gasteiger partial charge in [0.1, 0.15) is 5.82 Å². The highest BCUT2D eigenvalue weighted by molar-refractivity contribution is 5.86. The molecular formula is C16H17N3O2. The fraction of sp³-hybridized carbons (Fsp3) is 0.312. The maximum atomic E-state index is 11.3. The fourth-order valence-corrected chi connectivity index (χ4v) is 2.66. The highest BCUT2D eigenvalue weighted by Gasteiger charge is 2.25. The number of hydrogen-bond acceptors (Lipinski definition) is 5. The largest absolute Gasteiger partial charge is 0.464 e. The van der Waals surface area contributed by atoms with E-state index >= 15 is 0 Å². The summed E-state index contributed by atoms with van der Waals surface area (Å²) in [7, 11) is 1.34. The molecule has 1 aromatic carbocycles. The van der Waals surface area contributed by atoms with Gasteiger partial charge in [-0.1, -0.05) is 30.3 Å². The summed E-state index contributed by atoms with van der Waals surface area (Å²) in [5.74, 6) is 0.868. The Morgan fingerprint density at radius 1 is 1.24 bits per heavy atom. The maximum Gasteiger partial charge on any atom is 0.358 e. The van der Waals surface area contributed by atoms with Gasteiger partial charge in [-0.25, -0.2) is 14.8 Å². The van der Waals surface area contributed by atoms with Crippen molar-refractivity contribution in [1.82, 2.24) is 9.97 Å². The molecule has 1 fully saturated rings. The van der Waals surface area contributed by atoms with Gasteiger partial charge < -0.3 is 9.64 Å². The molecule has 0 N–H and O–H groups in total. The van der Waals surface area contributed by atoms with Gasteiger partial charge >= 0.3 is 5.97 Å². The van der Waals surface area contributed by atoms with Gasteiger partial charge in [0.05, 0.1) is 19.5 Å². The number of carbonyl (C=O) groups is 1. The van der Waals surface area contributed by atoms with Crippen molar-refractivity contribution < 1.29 is 9.53 Å². The summed E-state index contributed by atoms with van der Waals surface area (Å²) in [6.07, 6.45) is 4.21. The van der Waals surface area contributed by atoms with Crippen molar-refractivity contribution in [1.29, 1.82) is 0 Å². The molecule has 1 saturated heterocycles. The van der Waals surface area contributed by atoms with Gasteiger partial charge in [-0.05, 0) is 12.0 Å². The van der Waals surface area contributed by atoms with Crippen molar-refractivity contribution in [2.75, 3.05) is 25.1 Å². The lowest BCUT2D eigenvalue weighted by Gasteiger charge is -2.17. The number of aromatic nitrogens is 2.